The van der Waals surface area contributed by atoms with Crippen molar-refractivity contribution < 1.29 is 29.2 Å². The third kappa shape index (κ3) is 9.70. The molecule has 0 saturated carbocycles. The molecule has 0 bridgehead atoms. The summed E-state index contributed by atoms with van der Waals surface area (Å²) in [5.74, 6) is 0.726. The molecule has 1 saturated heterocycles. The molecule has 3 rings (SSSR count). The Morgan fingerprint density at radius 2 is 1.55 bits per heavy atom. The number of carbonyl (C=O) groups excluding carboxylic acids is 2. The van der Waals surface area contributed by atoms with Crippen LogP contribution in [-0.4, -0.2) is 71.3 Å². The monoisotopic (exact) mass is 559 g/mol. The number of hydrogen-bond donors (Lipinski definition) is 4. The van der Waals surface area contributed by atoms with E-state index in [1.165, 1.54) is 0 Å². The van der Waals surface area contributed by atoms with E-state index < -0.39 is 18.1 Å². The average Bonchev–Trinajstić information content (AvgIpc) is 3.32. The number of nitrogens with one attached hydrogen (secondary N) is 2. The normalized spacial score (nSPS) is 17.1. The molecule has 11 heteroatoms. The first-order chi connectivity index (χ1) is 18.4. The first kappa shape index (κ1) is 29.5. The second kappa shape index (κ2) is 15.4. The number of aliphatic carboxylic acids is 1. The standard InChI is InChI=1S/C27H34N4O5S2/c1-2-25(33)28-11-15-37-38-16-12-29-26(34)19-30-13-9-21(10-14-30)4-3-20-5-7-22(8-6-20)31-18-23(32)17-24(31)27(35)36/h3-10,13-14,23-24,32H,2,11-12,15-19H2,1H3,(H2-,28,29,33,34,35,36)/p+1. The SMILES string of the molecule is CCC(=O)NCCSSCCNC(=O)C[n+]1ccc(/C=C/c2ccc(N3CC(O)CC3C(=O)O)cc2)cc1. The minimum absolute atomic E-state index is 0.0464. The van der Waals surface area contributed by atoms with Crippen molar-refractivity contribution in [1.29, 1.82) is 0 Å². The molecule has 2 unspecified atom stereocenters. The van der Waals surface area contributed by atoms with Crippen LogP contribution in [0.3, 0.4) is 0 Å². The van der Waals surface area contributed by atoms with Gasteiger partial charge in [0.05, 0.1) is 6.10 Å². The molecule has 0 spiro atoms. The van der Waals surface area contributed by atoms with Gasteiger partial charge in [0.2, 0.25) is 12.5 Å². The third-order valence-electron chi connectivity index (χ3n) is 5.92. The van der Waals surface area contributed by atoms with E-state index in [-0.39, 0.29) is 24.8 Å². The largest absolute Gasteiger partial charge is 0.480 e. The van der Waals surface area contributed by atoms with E-state index in [9.17, 15) is 24.6 Å². The van der Waals surface area contributed by atoms with Crippen molar-refractivity contribution in [3.05, 3.63) is 59.9 Å². The molecule has 2 atom stereocenters. The van der Waals surface area contributed by atoms with E-state index in [0.29, 0.717) is 26.1 Å². The summed E-state index contributed by atoms with van der Waals surface area (Å²) in [6.07, 6.45) is 7.76. The van der Waals surface area contributed by atoms with Gasteiger partial charge < -0.3 is 25.7 Å². The molecule has 0 radical (unpaired) electrons. The summed E-state index contributed by atoms with van der Waals surface area (Å²) in [6, 6.07) is 10.7. The van der Waals surface area contributed by atoms with Crippen molar-refractivity contribution in [2.45, 2.75) is 38.5 Å². The number of carboxylic acids is 1. The number of β-amino-alcohol motifs (C(OH)–C–C–N with tert-alkyl or cyclic N) is 1. The van der Waals surface area contributed by atoms with E-state index in [2.05, 4.69) is 10.6 Å². The van der Waals surface area contributed by atoms with E-state index in [0.717, 1.165) is 28.3 Å². The number of nitrogens with zero attached hydrogens (tertiary/aromatic N) is 2. The van der Waals surface area contributed by atoms with Crippen molar-refractivity contribution in [3.63, 3.8) is 0 Å². The second-order valence-corrected chi connectivity index (χ2v) is 11.5. The Kier molecular flexibility index (Phi) is 12.0. The van der Waals surface area contributed by atoms with Gasteiger partial charge in [-0.3, -0.25) is 9.59 Å². The Balaban J connectivity index is 1.37. The number of aromatic nitrogens is 1. The van der Waals surface area contributed by atoms with Crippen LogP contribution in [0, 0.1) is 0 Å². The van der Waals surface area contributed by atoms with E-state index in [4.69, 9.17) is 0 Å². The summed E-state index contributed by atoms with van der Waals surface area (Å²) in [5.41, 5.74) is 2.74. The quantitative estimate of drug-likeness (QED) is 0.158. The average molecular weight is 560 g/mol. The van der Waals surface area contributed by atoms with Crippen LogP contribution in [0.2, 0.25) is 0 Å². The molecule has 2 heterocycles. The van der Waals surface area contributed by atoms with Gasteiger partial charge in [0.15, 0.2) is 12.4 Å². The Morgan fingerprint density at radius 3 is 2.13 bits per heavy atom. The molecule has 2 amide bonds. The number of aliphatic hydroxyl groups excluding tert-OH is 1. The van der Waals surface area contributed by atoms with Gasteiger partial charge in [0, 0.05) is 61.8 Å². The number of amides is 2. The van der Waals surface area contributed by atoms with Gasteiger partial charge in [-0.1, -0.05) is 52.8 Å². The van der Waals surface area contributed by atoms with Crippen molar-refractivity contribution in [2.75, 3.05) is 36.0 Å². The van der Waals surface area contributed by atoms with Crippen LogP contribution < -0.4 is 20.1 Å². The molecule has 38 heavy (non-hydrogen) atoms. The minimum Gasteiger partial charge on any atom is -0.480 e. The number of benzene rings is 1. The topological polar surface area (TPSA) is 123 Å². The van der Waals surface area contributed by atoms with Gasteiger partial charge in [0.1, 0.15) is 6.04 Å². The highest BCUT2D eigenvalue weighted by Gasteiger charge is 2.35. The predicted octanol–water partition coefficient (Wildman–Crippen LogP) is 2.19. The maximum absolute atomic E-state index is 12.2. The smallest absolute Gasteiger partial charge is 0.326 e. The lowest BCUT2D eigenvalue weighted by molar-refractivity contribution is -0.684. The minimum atomic E-state index is -0.927. The highest BCUT2D eigenvalue weighted by molar-refractivity contribution is 8.76. The highest BCUT2D eigenvalue weighted by Crippen LogP contribution is 2.26. The Labute approximate surface area is 231 Å². The first-order valence-corrected chi connectivity index (χ1v) is 15.1. The fraction of sp³-hybridized carbons (Fsp3) is 0.407. The van der Waals surface area contributed by atoms with Crippen LogP contribution in [0.15, 0.2) is 48.8 Å². The van der Waals surface area contributed by atoms with E-state index in [1.807, 2.05) is 72.4 Å². The van der Waals surface area contributed by atoms with Gasteiger partial charge >= 0.3 is 5.97 Å². The lowest BCUT2D eigenvalue weighted by atomic mass is 10.1. The summed E-state index contributed by atoms with van der Waals surface area (Å²) in [5, 5.41) is 25.0. The van der Waals surface area contributed by atoms with Gasteiger partial charge in [-0.15, -0.1) is 0 Å². The Bertz CT molecular complexity index is 1100. The van der Waals surface area contributed by atoms with E-state index >= 15 is 0 Å². The van der Waals surface area contributed by atoms with Crippen LogP contribution in [0.1, 0.15) is 30.9 Å². The number of carboxylic acid groups (broad SMARTS) is 1. The summed E-state index contributed by atoms with van der Waals surface area (Å²) in [7, 11) is 3.35. The predicted molar refractivity (Wildman–Crippen MR) is 153 cm³/mol. The second-order valence-electron chi connectivity index (χ2n) is 8.82. The summed E-state index contributed by atoms with van der Waals surface area (Å²) in [4.78, 5) is 36.5. The lowest BCUT2D eigenvalue weighted by Gasteiger charge is -2.23. The summed E-state index contributed by atoms with van der Waals surface area (Å²) in [6.45, 7) is 3.64. The lowest BCUT2D eigenvalue weighted by Crippen LogP contribution is -2.42. The number of anilines is 1. The molecular formula is C27H35N4O5S2+. The number of hydrogen-bond acceptors (Lipinski definition) is 7. The molecule has 0 aliphatic carbocycles. The first-order valence-electron chi connectivity index (χ1n) is 12.6. The molecule has 4 N–H and O–H groups in total. The number of pyridine rings is 1. The fourth-order valence-corrected chi connectivity index (χ4v) is 5.73. The fourth-order valence-electron chi connectivity index (χ4n) is 3.92. The maximum Gasteiger partial charge on any atom is 0.326 e. The summed E-state index contributed by atoms with van der Waals surface area (Å²) < 4.78 is 1.82. The number of rotatable bonds is 14. The molecule has 1 aromatic heterocycles. The Morgan fingerprint density at radius 1 is 0.974 bits per heavy atom. The van der Waals surface area contributed by atoms with Gasteiger partial charge in [-0.2, -0.15) is 4.57 Å². The molecule has 2 aromatic rings. The van der Waals surface area contributed by atoms with Gasteiger partial charge in [0.25, 0.3) is 5.91 Å². The molecule has 9 nitrogen and oxygen atoms in total. The number of aliphatic hydroxyl groups is 1. The zero-order valence-electron chi connectivity index (χ0n) is 21.4. The Hall–Kier alpha value is -3.02. The zero-order chi connectivity index (χ0) is 27.3. The molecule has 1 aromatic carbocycles. The van der Waals surface area contributed by atoms with Crippen molar-refractivity contribution >= 4 is 57.2 Å². The van der Waals surface area contributed by atoms with Crippen molar-refractivity contribution in [1.82, 2.24) is 10.6 Å². The molecule has 204 valence electrons. The van der Waals surface area contributed by atoms with Crippen LogP contribution in [-0.2, 0) is 20.9 Å². The molecule has 1 aliphatic rings. The zero-order valence-corrected chi connectivity index (χ0v) is 23.0. The third-order valence-corrected chi connectivity index (χ3v) is 8.33. The van der Waals surface area contributed by atoms with Crippen LogP contribution >= 0.6 is 21.6 Å². The highest BCUT2D eigenvalue weighted by atomic mass is 33.1. The van der Waals surface area contributed by atoms with Crippen molar-refractivity contribution in [3.8, 4) is 0 Å². The van der Waals surface area contributed by atoms with Gasteiger partial charge in [-0.05, 0) is 23.3 Å². The van der Waals surface area contributed by atoms with Crippen LogP contribution in [0.25, 0.3) is 12.2 Å². The number of carbonyl (C=O) groups is 3. The molecule has 1 aliphatic heterocycles. The molecule has 1 fully saturated rings. The van der Waals surface area contributed by atoms with Crippen LogP contribution in [0.5, 0.6) is 0 Å². The van der Waals surface area contributed by atoms with Crippen molar-refractivity contribution in [2.24, 2.45) is 0 Å². The molecular weight excluding hydrogens is 524 g/mol. The summed E-state index contributed by atoms with van der Waals surface area (Å²) >= 11 is 0. The van der Waals surface area contributed by atoms with E-state index in [1.54, 1.807) is 26.5 Å². The van der Waals surface area contributed by atoms with Gasteiger partial charge in [-0.25, -0.2) is 4.79 Å². The van der Waals surface area contributed by atoms with Crippen LogP contribution in [0.4, 0.5) is 5.69 Å². The maximum atomic E-state index is 12.2.